The number of benzene rings is 1. The Labute approximate surface area is 122 Å². The summed E-state index contributed by atoms with van der Waals surface area (Å²) in [4.78, 5) is 20.3. The maximum absolute atomic E-state index is 11.0. The Morgan fingerprint density at radius 3 is 2.52 bits per heavy atom. The van der Waals surface area contributed by atoms with Gasteiger partial charge in [-0.2, -0.15) is 5.10 Å². The van der Waals surface area contributed by atoms with Gasteiger partial charge in [-0.05, 0) is 25.3 Å². The summed E-state index contributed by atoms with van der Waals surface area (Å²) in [5.74, 6) is 0.474. The first-order chi connectivity index (χ1) is 9.85. The normalized spacial score (nSPS) is 12.8. The lowest BCUT2D eigenvalue weighted by atomic mass is 10.0. The molecule has 0 saturated heterocycles. The van der Waals surface area contributed by atoms with Crippen LogP contribution < -0.4 is 5.43 Å². The highest BCUT2D eigenvalue weighted by Gasteiger charge is 2.19. The fourth-order valence-electron chi connectivity index (χ4n) is 1.73. The molecular weight excluding hydrogens is 276 g/mol. The van der Waals surface area contributed by atoms with Crippen LogP contribution in [0.4, 0.5) is 17.1 Å². The standard InChI is InChI=1S/C13H18N4O4/c1-4-9(2)7-10(3)14-15-12-6-5-11(16(18)19)8-13(12)17(20)21/h5-6,8-9,15H,4,7H2,1-3H3/b14-10+/t9-/m0/s1. The quantitative estimate of drug-likeness (QED) is 0.468. The molecule has 1 aromatic rings. The lowest BCUT2D eigenvalue weighted by Crippen LogP contribution is -2.05. The van der Waals surface area contributed by atoms with Crippen LogP contribution in [0.5, 0.6) is 0 Å². The first-order valence-corrected chi connectivity index (χ1v) is 6.57. The zero-order chi connectivity index (χ0) is 16.0. The van der Waals surface area contributed by atoms with E-state index in [9.17, 15) is 20.2 Å². The highest BCUT2D eigenvalue weighted by atomic mass is 16.6. The highest BCUT2D eigenvalue weighted by molar-refractivity contribution is 5.83. The number of nitrogens with zero attached hydrogens (tertiary/aromatic N) is 3. The van der Waals surface area contributed by atoms with Crippen molar-refractivity contribution in [1.82, 2.24) is 0 Å². The third-order valence-electron chi connectivity index (χ3n) is 3.10. The van der Waals surface area contributed by atoms with Gasteiger partial charge >= 0.3 is 5.69 Å². The van der Waals surface area contributed by atoms with Crippen LogP contribution in [-0.2, 0) is 0 Å². The van der Waals surface area contributed by atoms with Crippen molar-refractivity contribution >= 4 is 22.8 Å². The van der Waals surface area contributed by atoms with Crippen molar-refractivity contribution in [3.63, 3.8) is 0 Å². The Balaban J connectivity index is 2.95. The maximum atomic E-state index is 11.0. The number of rotatable bonds is 7. The molecule has 1 N–H and O–H groups in total. The SMILES string of the molecule is CC[C@H](C)C/C(C)=N/Nc1ccc([N+](=O)[O-])cc1[N+](=O)[O-]. The Bertz CT molecular complexity index is 571. The molecule has 0 aliphatic heterocycles. The minimum atomic E-state index is -0.672. The van der Waals surface area contributed by atoms with Gasteiger partial charge < -0.3 is 0 Å². The number of nitro benzene ring substituents is 2. The third kappa shape index (κ3) is 4.83. The van der Waals surface area contributed by atoms with Gasteiger partial charge in [-0.3, -0.25) is 25.7 Å². The Morgan fingerprint density at radius 1 is 1.33 bits per heavy atom. The van der Waals surface area contributed by atoms with E-state index in [0.717, 1.165) is 24.6 Å². The van der Waals surface area contributed by atoms with E-state index in [-0.39, 0.29) is 17.1 Å². The topological polar surface area (TPSA) is 111 Å². The van der Waals surface area contributed by atoms with Crippen LogP contribution >= 0.6 is 0 Å². The van der Waals surface area contributed by atoms with Crippen molar-refractivity contribution in [2.45, 2.75) is 33.6 Å². The second-order valence-electron chi connectivity index (χ2n) is 4.89. The van der Waals surface area contributed by atoms with Gasteiger partial charge in [0.2, 0.25) is 0 Å². The molecule has 0 radical (unpaired) electrons. The van der Waals surface area contributed by atoms with Crippen LogP contribution in [0.3, 0.4) is 0 Å². The summed E-state index contributed by atoms with van der Waals surface area (Å²) in [5, 5.41) is 25.7. The van der Waals surface area contributed by atoms with Crippen molar-refractivity contribution in [2.75, 3.05) is 5.43 Å². The van der Waals surface area contributed by atoms with E-state index in [4.69, 9.17) is 0 Å². The predicted octanol–water partition coefficient (Wildman–Crippen LogP) is 3.73. The summed E-state index contributed by atoms with van der Waals surface area (Å²) in [5.41, 5.74) is 2.87. The van der Waals surface area contributed by atoms with E-state index < -0.39 is 9.85 Å². The third-order valence-corrected chi connectivity index (χ3v) is 3.10. The molecule has 0 aliphatic rings. The van der Waals surface area contributed by atoms with Crippen LogP contribution in [0.1, 0.15) is 33.6 Å². The molecule has 1 rings (SSSR count). The minimum Gasteiger partial charge on any atom is -0.272 e. The molecule has 8 nitrogen and oxygen atoms in total. The van der Waals surface area contributed by atoms with Gasteiger partial charge in [-0.1, -0.05) is 20.3 Å². The summed E-state index contributed by atoms with van der Waals surface area (Å²) in [6, 6.07) is 3.41. The molecule has 0 spiro atoms. The monoisotopic (exact) mass is 294 g/mol. The number of hydrogen-bond acceptors (Lipinski definition) is 6. The van der Waals surface area contributed by atoms with Crippen LogP contribution in [0, 0.1) is 26.1 Å². The van der Waals surface area contributed by atoms with Gasteiger partial charge in [0.15, 0.2) is 0 Å². The lowest BCUT2D eigenvalue weighted by Gasteiger charge is -2.08. The lowest BCUT2D eigenvalue weighted by molar-refractivity contribution is -0.393. The Morgan fingerprint density at radius 2 is 2.00 bits per heavy atom. The number of nitrogens with one attached hydrogen (secondary N) is 1. The van der Waals surface area contributed by atoms with Crippen molar-refractivity contribution in [3.05, 3.63) is 38.4 Å². The van der Waals surface area contributed by atoms with E-state index in [2.05, 4.69) is 24.4 Å². The fourth-order valence-corrected chi connectivity index (χ4v) is 1.73. The first kappa shape index (κ1) is 16.5. The average molecular weight is 294 g/mol. The molecule has 0 unspecified atom stereocenters. The van der Waals surface area contributed by atoms with Crippen LogP contribution in [0.25, 0.3) is 0 Å². The van der Waals surface area contributed by atoms with Gasteiger partial charge in [0.05, 0.1) is 15.9 Å². The van der Waals surface area contributed by atoms with Crippen molar-refractivity contribution in [2.24, 2.45) is 11.0 Å². The highest BCUT2D eigenvalue weighted by Crippen LogP contribution is 2.28. The maximum Gasteiger partial charge on any atom is 0.301 e. The largest absolute Gasteiger partial charge is 0.301 e. The molecule has 0 amide bonds. The van der Waals surface area contributed by atoms with Crippen LogP contribution in [0.15, 0.2) is 23.3 Å². The van der Waals surface area contributed by atoms with E-state index in [1.54, 1.807) is 0 Å². The summed E-state index contributed by atoms with van der Waals surface area (Å²) in [7, 11) is 0. The van der Waals surface area contributed by atoms with E-state index in [0.29, 0.717) is 5.92 Å². The zero-order valence-electron chi connectivity index (χ0n) is 12.2. The second kappa shape index (κ2) is 7.32. The van der Waals surface area contributed by atoms with Gasteiger partial charge in [0, 0.05) is 11.8 Å². The fraction of sp³-hybridized carbons (Fsp3) is 0.462. The van der Waals surface area contributed by atoms with Crippen LogP contribution in [-0.4, -0.2) is 15.6 Å². The Hall–Kier alpha value is -2.51. The molecule has 21 heavy (non-hydrogen) atoms. The summed E-state index contributed by atoms with van der Waals surface area (Å²) in [6.07, 6.45) is 1.80. The molecule has 1 atom stereocenters. The average Bonchev–Trinajstić information content (AvgIpc) is 2.44. The number of hydrogen-bond donors (Lipinski definition) is 1. The molecule has 8 heteroatoms. The second-order valence-corrected chi connectivity index (χ2v) is 4.89. The molecule has 114 valence electrons. The summed E-state index contributed by atoms with van der Waals surface area (Å²) < 4.78 is 0. The molecule has 1 aromatic carbocycles. The summed E-state index contributed by atoms with van der Waals surface area (Å²) >= 11 is 0. The zero-order valence-corrected chi connectivity index (χ0v) is 12.2. The number of non-ortho nitro benzene ring substituents is 1. The van der Waals surface area contributed by atoms with E-state index in [1.165, 1.54) is 12.1 Å². The van der Waals surface area contributed by atoms with Gasteiger partial charge in [-0.15, -0.1) is 0 Å². The van der Waals surface area contributed by atoms with E-state index >= 15 is 0 Å². The van der Waals surface area contributed by atoms with Crippen molar-refractivity contribution in [1.29, 1.82) is 0 Å². The number of anilines is 1. The molecule has 0 bridgehead atoms. The summed E-state index contributed by atoms with van der Waals surface area (Å²) in [6.45, 7) is 6.00. The molecule has 0 saturated carbocycles. The van der Waals surface area contributed by atoms with Crippen molar-refractivity contribution < 1.29 is 9.85 Å². The molecular formula is C13H18N4O4. The van der Waals surface area contributed by atoms with Gasteiger partial charge in [0.25, 0.3) is 5.69 Å². The van der Waals surface area contributed by atoms with Crippen molar-refractivity contribution in [3.8, 4) is 0 Å². The minimum absolute atomic E-state index is 0.133. The van der Waals surface area contributed by atoms with Crippen LogP contribution in [0.2, 0.25) is 0 Å². The van der Waals surface area contributed by atoms with Gasteiger partial charge in [-0.25, -0.2) is 0 Å². The molecule has 0 heterocycles. The number of nitro groups is 2. The molecule has 0 aliphatic carbocycles. The molecule has 0 aromatic heterocycles. The Kier molecular flexibility index (Phi) is 5.77. The van der Waals surface area contributed by atoms with E-state index in [1.807, 2.05) is 6.92 Å². The smallest absolute Gasteiger partial charge is 0.272 e. The predicted molar refractivity (Wildman–Crippen MR) is 80.6 cm³/mol. The number of hydrazone groups is 1. The first-order valence-electron chi connectivity index (χ1n) is 6.57. The molecule has 0 fully saturated rings. The van der Waals surface area contributed by atoms with Gasteiger partial charge in [0.1, 0.15) is 5.69 Å².